The zero-order valence-electron chi connectivity index (χ0n) is 13.9. The van der Waals surface area contributed by atoms with Crippen LogP contribution < -0.4 is 0 Å². The highest BCUT2D eigenvalue weighted by Crippen LogP contribution is 2.37. The second-order valence-corrected chi connectivity index (χ2v) is 8.62. The van der Waals surface area contributed by atoms with Gasteiger partial charge in [0.1, 0.15) is 0 Å². The number of para-hydroxylation sites is 1. The second-order valence-electron chi connectivity index (χ2n) is 6.37. The number of carbonyl (C=O) groups is 1. The molecule has 26 heavy (non-hydrogen) atoms. The van der Waals surface area contributed by atoms with Gasteiger partial charge in [0, 0.05) is 5.56 Å². The molecule has 0 saturated carbocycles. The predicted molar refractivity (Wildman–Crippen MR) is 109 cm³/mol. The van der Waals surface area contributed by atoms with Gasteiger partial charge in [-0.15, -0.1) is 11.3 Å². The van der Waals surface area contributed by atoms with Crippen molar-refractivity contribution in [3.63, 3.8) is 0 Å². The highest BCUT2D eigenvalue weighted by molar-refractivity contribution is 8.01. The van der Waals surface area contributed by atoms with Gasteiger partial charge < -0.3 is 0 Å². The lowest BCUT2D eigenvalue weighted by atomic mass is 10.0. The number of benzene rings is 3. The predicted octanol–water partition coefficient (Wildman–Crippen LogP) is 5.84. The Labute approximate surface area is 159 Å². The summed E-state index contributed by atoms with van der Waals surface area (Å²) in [6.45, 7) is 0. The van der Waals surface area contributed by atoms with Crippen LogP contribution in [-0.2, 0) is 6.42 Å². The Morgan fingerprint density at radius 3 is 2.69 bits per heavy atom. The molecular weight excluding hydrogens is 358 g/mol. The fraction of sp³-hybridized carbons (Fsp3) is 0.0909. The van der Waals surface area contributed by atoms with Crippen LogP contribution in [-0.4, -0.2) is 16.5 Å². The number of rotatable bonds is 4. The zero-order valence-corrected chi connectivity index (χ0v) is 15.6. The van der Waals surface area contributed by atoms with E-state index in [1.807, 2.05) is 24.3 Å². The molecule has 0 amide bonds. The summed E-state index contributed by atoms with van der Waals surface area (Å²) >= 11 is 3.17. The maximum absolute atomic E-state index is 12.7. The lowest BCUT2D eigenvalue weighted by molar-refractivity contribution is 0.102. The van der Waals surface area contributed by atoms with Gasteiger partial charge in [-0.3, -0.25) is 4.79 Å². The number of nitrogens with zero attached hydrogens (tertiary/aromatic N) is 1. The monoisotopic (exact) mass is 373 g/mol. The number of carbonyl (C=O) groups excluding carboxylic acids is 1. The average Bonchev–Trinajstić information content (AvgIpc) is 3.26. The van der Waals surface area contributed by atoms with E-state index in [0.717, 1.165) is 26.5 Å². The molecule has 0 radical (unpaired) electrons. The molecule has 0 N–H and O–H groups in total. The smallest absolute Gasteiger partial charge is 0.173 e. The molecule has 1 aliphatic rings. The normalized spacial score (nSPS) is 12.2. The van der Waals surface area contributed by atoms with Gasteiger partial charge in [0.15, 0.2) is 10.1 Å². The summed E-state index contributed by atoms with van der Waals surface area (Å²) in [6.07, 6.45) is 0.959. The number of hydrogen-bond acceptors (Lipinski definition) is 4. The molecule has 0 spiro atoms. The van der Waals surface area contributed by atoms with Crippen molar-refractivity contribution in [1.82, 2.24) is 4.98 Å². The van der Waals surface area contributed by atoms with Crippen LogP contribution in [0.2, 0.25) is 0 Å². The topological polar surface area (TPSA) is 30.0 Å². The molecule has 0 fully saturated rings. The number of Topliss-reactive ketones (excluding diaryl/α,β-unsaturated/α-hetero) is 1. The summed E-state index contributed by atoms with van der Waals surface area (Å²) in [7, 11) is 0. The standard InChI is InChI=1S/C22H15NOS2/c24-20(13-25-22-23-19-7-3-4-8-21(19)26-22)16-10-9-15-11-14-5-1-2-6-17(14)18(15)12-16/h1-10,12H,11,13H2. The molecule has 1 heterocycles. The Hall–Kier alpha value is -2.43. The Bertz CT molecular complexity index is 1110. The van der Waals surface area contributed by atoms with Crippen LogP contribution in [0.15, 0.2) is 71.1 Å². The van der Waals surface area contributed by atoms with Crippen LogP contribution in [0.25, 0.3) is 21.3 Å². The van der Waals surface area contributed by atoms with Gasteiger partial charge in [-0.2, -0.15) is 0 Å². The van der Waals surface area contributed by atoms with Gasteiger partial charge in [-0.25, -0.2) is 4.98 Å². The number of ketones is 1. The summed E-state index contributed by atoms with van der Waals surface area (Å²) in [5.41, 5.74) is 6.90. The van der Waals surface area contributed by atoms with Crippen LogP contribution in [0.4, 0.5) is 0 Å². The first-order chi connectivity index (χ1) is 12.8. The van der Waals surface area contributed by atoms with E-state index >= 15 is 0 Å². The lowest BCUT2D eigenvalue weighted by Gasteiger charge is -2.05. The highest BCUT2D eigenvalue weighted by atomic mass is 32.2. The first-order valence-corrected chi connectivity index (χ1v) is 10.3. The molecule has 0 unspecified atom stereocenters. The Balaban J connectivity index is 1.37. The summed E-state index contributed by atoms with van der Waals surface area (Å²) in [4.78, 5) is 17.3. The number of thioether (sulfide) groups is 1. The average molecular weight is 374 g/mol. The van der Waals surface area contributed by atoms with Gasteiger partial charge >= 0.3 is 0 Å². The summed E-state index contributed by atoms with van der Waals surface area (Å²) < 4.78 is 2.11. The molecule has 1 aliphatic carbocycles. The van der Waals surface area contributed by atoms with Gasteiger partial charge in [0.05, 0.1) is 16.0 Å². The van der Waals surface area contributed by atoms with E-state index in [0.29, 0.717) is 5.75 Å². The lowest BCUT2D eigenvalue weighted by Crippen LogP contribution is -2.02. The number of thiazole rings is 1. The summed E-state index contributed by atoms with van der Waals surface area (Å²) in [5.74, 6) is 0.571. The molecule has 0 saturated heterocycles. The molecular formula is C22H15NOS2. The molecule has 3 aromatic carbocycles. The van der Waals surface area contributed by atoms with Crippen LogP contribution in [0, 0.1) is 0 Å². The maximum atomic E-state index is 12.7. The van der Waals surface area contributed by atoms with Gasteiger partial charge in [0.2, 0.25) is 0 Å². The zero-order chi connectivity index (χ0) is 17.5. The molecule has 5 rings (SSSR count). The van der Waals surface area contributed by atoms with E-state index < -0.39 is 0 Å². The van der Waals surface area contributed by atoms with Crippen molar-refractivity contribution in [1.29, 1.82) is 0 Å². The number of fused-ring (bicyclic) bond motifs is 4. The first kappa shape index (κ1) is 15.8. The minimum atomic E-state index is 0.154. The van der Waals surface area contributed by atoms with Crippen LogP contribution >= 0.6 is 23.1 Å². The largest absolute Gasteiger partial charge is 0.293 e. The van der Waals surface area contributed by atoms with Crippen molar-refractivity contribution in [3.05, 3.63) is 83.4 Å². The van der Waals surface area contributed by atoms with Crippen molar-refractivity contribution in [3.8, 4) is 11.1 Å². The first-order valence-electron chi connectivity index (χ1n) is 8.51. The quantitative estimate of drug-likeness (QED) is 0.293. The fourth-order valence-electron chi connectivity index (χ4n) is 3.42. The molecule has 2 nitrogen and oxygen atoms in total. The van der Waals surface area contributed by atoms with Gasteiger partial charge in [-0.1, -0.05) is 60.3 Å². The molecule has 4 aromatic rings. The molecule has 4 heteroatoms. The van der Waals surface area contributed by atoms with Crippen molar-refractivity contribution >= 4 is 39.1 Å². The Kier molecular flexibility index (Phi) is 3.88. The third-order valence-corrected chi connectivity index (χ3v) is 6.90. The third kappa shape index (κ3) is 2.75. The van der Waals surface area contributed by atoms with Crippen LogP contribution in [0.1, 0.15) is 21.5 Å². The fourth-order valence-corrected chi connectivity index (χ4v) is 5.38. The SMILES string of the molecule is O=C(CSc1nc2ccccc2s1)c1ccc2c(c1)-c1ccccc1C2. The Morgan fingerprint density at radius 1 is 0.962 bits per heavy atom. The van der Waals surface area contributed by atoms with Gasteiger partial charge in [0.25, 0.3) is 0 Å². The summed E-state index contributed by atoms with van der Waals surface area (Å²) in [5, 5.41) is 0. The molecule has 0 aliphatic heterocycles. The molecule has 0 bridgehead atoms. The van der Waals surface area contributed by atoms with Gasteiger partial charge in [-0.05, 0) is 46.9 Å². The van der Waals surface area contributed by atoms with E-state index in [9.17, 15) is 4.79 Å². The van der Waals surface area contributed by atoms with Crippen molar-refractivity contribution < 1.29 is 4.79 Å². The second kappa shape index (κ2) is 6.38. The van der Waals surface area contributed by atoms with Crippen molar-refractivity contribution in [2.45, 2.75) is 10.8 Å². The molecule has 0 atom stereocenters. The minimum absolute atomic E-state index is 0.154. The number of aromatic nitrogens is 1. The van der Waals surface area contributed by atoms with Crippen LogP contribution in [0.5, 0.6) is 0 Å². The van der Waals surface area contributed by atoms with E-state index in [4.69, 9.17) is 0 Å². The van der Waals surface area contributed by atoms with E-state index in [2.05, 4.69) is 47.4 Å². The molecule has 126 valence electrons. The summed E-state index contributed by atoms with van der Waals surface area (Å²) in [6, 6.07) is 22.7. The van der Waals surface area contributed by atoms with Crippen molar-refractivity contribution in [2.24, 2.45) is 0 Å². The van der Waals surface area contributed by atoms with E-state index in [-0.39, 0.29) is 5.78 Å². The Morgan fingerprint density at radius 2 is 1.77 bits per heavy atom. The minimum Gasteiger partial charge on any atom is -0.293 e. The molecule has 1 aromatic heterocycles. The van der Waals surface area contributed by atoms with E-state index in [1.54, 1.807) is 11.3 Å². The van der Waals surface area contributed by atoms with Crippen molar-refractivity contribution in [2.75, 3.05) is 5.75 Å². The maximum Gasteiger partial charge on any atom is 0.173 e. The third-order valence-electron chi connectivity index (χ3n) is 4.72. The highest BCUT2D eigenvalue weighted by Gasteiger charge is 2.19. The van der Waals surface area contributed by atoms with E-state index in [1.165, 1.54) is 34.0 Å². The van der Waals surface area contributed by atoms with Crippen LogP contribution in [0.3, 0.4) is 0 Å². The number of hydrogen-bond donors (Lipinski definition) is 0.